The normalized spacial score (nSPS) is 11.7. The molecule has 3 rings (SSSR count). The monoisotopic (exact) mass is 425 g/mol. The number of rotatable bonds is 8. The molecule has 31 heavy (non-hydrogen) atoms. The minimum atomic E-state index is -1.46. The van der Waals surface area contributed by atoms with Crippen LogP contribution in [0.1, 0.15) is 29.7 Å². The molecule has 2 aromatic carbocycles. The molecule has 0 aliphatic heterocycles. The number of carbonyl (C=O) groups excluding carboxylic acids is 1. The number of hydrogen-bond acceptors (Lipinski definition) is 5. The Morgan fingerprint density at radius 2 is 1.74 bits per heavy atom. The van der Waals surface area contributed by atoms with Crippen molar-refractivity contribution in [2.75, 3.05) is 6.61 Å². The van der Waals surface area contributed by atoms with Gasteiger partial charge in [-0.1, -0.05) is 24.3 Å². The van der Waals surface area contributed by atoms with Crippen LogP contribution >= 0.6 is 0 Å². The molecular formula is C22H21F2N5O2. The summed E-state index contributed by atoms with van der Waals surface area (Å²) in [6, 6.07) is 8.94. The lowest BCUT2D eigenvalue weighted by molar-refractivity contribution is -0.133. The maximum absolute atomic E-state index is 14.8. The second-order valence-corrected chi connectivity index (χ2v) is 6.64. The number of nitrogens with zero attached hydrogens (tertiary/aromatic N) is 2. The highest BCUT2D eigenvalue weighted by Crippen LogP contribution is 2.29. The van der Waals surface area contributed by atoms with Crippen LogP contribution in [0.2, 0.25) is 0 Å². The molecule has 7 nitrogen and oxygen atoms in total. The molecule has 1 atom stereocenters. The van der Waals surface area contributed by atoms with Crippen molar-refractivity contribution >= 4 is 11.7 Å². The number of amides is 1. The van der Waals surface area contributed by atoms with Crippen LogP contribution in [0.25, 0.3) is 11.1 Å². The van der Waals surface area contributed by atoms with Gasteiger partial charge in [-0.2, -0.15) is 0 Å². The van der Waals surface area contributed by atoms with E-state index >= 15 is 0 Å². The van der Waals surface area contributed by atoms with E-state index in [0.717, 1.165) is 17.7 Å². The van der Waals surface area contributed by atoms with Gasteiger partial charge in [0, 0.05) is 36.7 Å². The molecule has 9 heteroatoms. The average molecular weight is 425 g/mol. The molecule has 0 spiro atoms. The highest BCUT2D eigenvalue weighted by atomic mass is 19.1. The highest BCUT2D eigenvalue weighted by Gasteiger charge is 2.28. The molecule has 0 bridgehead atoms. The van der Waals surface area contributed by atoms with Gasteiger partial charge in [0.05, 0.1) is 5.56 Å². The summed E-state index contributed by atoms with van der Waals surface area (Å²) < 4.78 is 35.1. The van der Waals surface area contributed by atoms with Gasteiger partial charge in [0.1, 0.15) is 23.8 Å². The topological polar surface area (TPSA) is 114 Å². The van der Waals surface area contributed by atoms with Crippen LogP contribution in [0.5, 0.6) is 0 Å². The maximum atomic E-state index is 14.8. The van der Waals surface area contributed by atoms with Crippen LogP contribution in [0.4, 0.5) is 8.78 Å². The predicted molar refractivity (Wildman–Crippen MR) is 111 cm³/mol. The molecule has 1 aromatic heterocycles. The maximum Gasteiger partial charge on any atom is 0.254 e. The van der Waals surface area contributed by atoms with E-state index in [4.69, 9.17) is 15.9 Å². The highest BCUT2D eigenvalue weighted by molar-refractivity contribution is 5.94. The Bertz CT molecular complexity index is 1050. The Morgan fingerprint density at radius 1 is 1.13 bits per heavy atom. The van der Waals surface area contributed by atoms with Gasteiger partial charge in [-0.05, 0) is 30.2 Å². The second kappa shape index (κ2) is 9.86. The van der Waals surface area contributed by atoms with Gasteiger partial charge in [0.2, 0.25) is 0 Å². The van der Waals surface area contributed by atoms with Gasteiger partial charge in [-0.3, -0.25) is 10.2 Å². The van der Waals surface area contributed by atoms with Crippen molar-refractivity contribution < 1.29 is 18.3 Å². The van der Waals surface area contributed by atoms with Gasteiger partial charge in [0.15, 0.2) is 6.10 Å². The molecular weight excluding hydrogens is 404 g/mol. The summed E-state index contributed by atoms with van der Waals surface area (Å²) in [6.07, 6.45) is 2.73. The molecule has 1 heterocycles. The smallest absolute Gasteiger partial charge is 0.254 e. The standard InChI is InChI=1S/C22H21F2N5O2/c1-2-31-20(22(30)29-9-13-3-5-14(6-4-13)21(25)26)19-17(23)7-15(8-18(19)24)16-10-27-12-28-11-16/h3-8,10-12,20H,2,9H2,1H3,(H3,25,26)(H,29,30). The lowest BCUT2D eigenvalue weighted by atomic mass is 10.0. The lowest BCUT2D eigenvalue weighted by Gasteiger charge is -2.19. The van der Waals surface area contributed by atoms with E-state index in [1.807, 2.05) is 0 Å². The summed E-state index contributed by atoms with van der Waals surface area (Å²) in [5.41, 5.74) is 6.93. The molecule has 0 aliphatic carbocycles. The average Bonchev–Trinajstić information content (AvgIpc) is 2.77. The van der Waals surface area contributed by atoms with Crippen molar-refractivity contribution in [3.8, 4) is 11.1 Å². The third-order valence-electron chi connectivity index (χ3n) is 4.54. The first kappa shape index (κ1) is 22.0. The fourth-order valence-corrected chi connectivity index (χ4v) is 2.99. The first-order valence-electron chi connectivity index (χ1n) is 9.47. The van der Waals surface area contributed by atoms with E-state index < -0.39 is 29.2 Å². The van der Waals surface area contributed by atoms with E-state index in [1.54, 1.807) is 31.2 Å². The zero-order valence-electron chi connectivity index (χ0n) is 16.7. The third-order valence-corrected chi connectivity index (χ3v) is 4.54. The van der Waals surface area contributed by atoms with Gasteiger partial charge < -0.3 is 15.8 Å². The number of hydrogen-bond donors (Lipinski definition) is 3. The van der Waals surface area contributed by atoms with E-state index in [1.165, 1.54) is 18.7 Å². The summed E-state index contributed by atoms with van der Waals surface area (Å²) in [6.45, 7) is 1.83. The second-order valence-electron chi connectivity index (χ2n) is 6.64. The van der Waals surface area contributed by atoms with Crippen LogP contribution in [-0.2, 0) is 16.1 Å². The number of nitrogens with two attached hydrogens (primary N) is 1. The number of carbonyl (C=O) groups is 1. The molecule has 0 radical (unpaired) electrons. The zero-order chi connectivity index (χ0) is 22.4. The Labute approximate surface area is 177 Å². The Hall–Kier alpha value is -3.72. The Kier molecular flexibility index (Phi) is 6.99. The first-order valence-corrected chi connectivity index (χ1v) is 9.47. The number of amidine groups is 1. The number of nitrogen functional groups attached to an aromatic ring is 1. The fraction of sp³-hybridized carbons (Fsp3) is 0.182. The molecule has 1 unspecified atom stereocenters. The zero-order valence-corrected chi connectivity index (χ0v) is 16.7. The minimum absolute atomic E-state index is 0.0662. The fourth-order valence-electron chi connectivity index (χ4n) is 2.99. The molecule has 0 saturated heterocycles. The number of benzene rings is 2. The van der Waals surface area contributed by atoms with E-state index in [9.17, 15) is 13.6 Å². The van der Waals surface area contributed by atoms with Crippen molar-refractivity contribution in [3.63, 3.8) is 0 Å². The number of halogens is 2. The molecule has 160 valence electrons. The molecule has 3 aromatic rings. The number of aromatic nitrogens is 2. The molecule has 0 saturated carbocycles. The van der Waals surface area contributed by atoms with Crippen LogP contribution in [0.15, 0.2) is 55.1 Å². The van der Waals surface area contributed by atoms with Crippen LogP contribution < -0.4 is 11.1 Å². The quantitative estimate of drug-likeness (QED) is 0.379. The van der Waals surface area contributed by atoms with E-state index in [0.29, 0.717) is 11.1 Å². The van der Waals surface area contributed by atoms with Gasteiger partial charge >= 0.3 is 0 Å². The summed E-state index contributed by atoms with van der Waals surface area (Å²) >= 11 is 0. The van der Waals surface area contributed by atoms with E-state index in [2.05, 4.69) is 15.3 Å². The summed E-state index contributed by atoms with van der Waals surface area (Å²) in [7, 11) is 0. The molecule has 0 aliphatic rings. The summed E-state index contributed by atoms with van der Waals surface area (Å²) in [5, 5.41) is 10.0. The van der Waals surface area contributed by atoms with Crippen molar-refractivity contribution in [2.24, 2.45) is 5.73 Å². The van der Waals surface area contributed by atoms with Gasteiger partial charge in [-0.15, -0.1) is 0 Å². The Balaban J connectivity index is 1.80. The van der Waals surface area contributed by atoms with E-state index in [-0.39, 0.29) is 24.6 Å². The van der Waals surface area contributed by atoms with Crippen molar-refractivity contribution in [1.82, 2.24) is 15.3 Å². The summed E-state index contributed by atoms with van der Waals surface area (Å²) in [4.78, 5) is 20.4. The number of ether oxygens (including phenoxy) is 1. The van der Waals surface area contributed by atoms with Crippen LogP contribution in [0, 0.1) is 17.0 Å². The van der Waals surface area contributed by atoms with Gasteiger partial charge in [0.25, 0.3) is 5.91 Å². The van der Waals surface area contributed by atoms with Crippen molar-refractivity contribution in [3.05, 3.63) is 83.4 Å². The third kappa shape index (κ3) is 5.26. The predicted octanol–water partition coefficient (Wildman–Crippen LogP) is 3.10. The summed E-state index contributed by atoms with van der Waals surface area (Å²) in [5.74, 6) is -2.55. The van der Waals surface area contributed by atoms with Crippen LogP contribution in [-0.4, -0.2) is 28.3 Å². The molecule has 4 N–H and O–H groups in total. The number of nitrogens with one attached hydrogen (secondary N) is 2. The SMILES string of the molecule is CCOC(C(=O)NCc1ccc(C(=N)N)cc1)c1c(F)cc(-c2cncnc2)cc1F. The minimum Gasteiger partial charge on any atom is -0.384 e. The molecule has 1 amide bonds. The largest absolute Gasteiger partial charge is 0.384 e. The lowest BCUT2D eigenvalue weighted by Crippen LogP contribution is -2.31. The van der Waals surface area contributed by atoms with Crippen molar-refractivity contribution in [2.45, 2.75) is 19.6 Å². The molecule has 0 fully saturated rings. The van der Waals surface area contributed by atoms with Crippen LogP contribution in [0.3, 0.4) is 0 Å². The van der Waals surface area contributed by atoms with Gasteiger partial charge in [-0.25, -0.2) is 18.7 Å². The Morgan fingerprint density at radius 3 is 2.29 bits per heavy atom. The van der Waals surface area contributed by atoms with Crippen molar-refractivity contribution in [1.29, 1.82) is 5.41 Å². The first-order chi connectivity index (χ1) is 14.9.